The molecule has 14 heavy (non-hydrogen) atoms. The van der Waals surface area contributed by atoms with Crippen molar-refractivity contribution in [3.63, 3.8) is 0 Å². The van der Waals surface area contributed by atoms with Crippen molar-refractivity contribution in [1.29, 1.82) is 10.5 Å². The standard InChI is InChI=1S/C10H18N4/c1-10(2,3)13-6-9-14(7-4-11)8-5-12/h13H,6-9H2,1-3H3. The van der Waals surface area contributed by atoms with Crippen LogP contribution in [0.25, 0.3) is 0 Å². The van der Waals surface area contributed by atoms with E-state index in [4.69, 9.17) is 10.5 Å². The predicted octanol–water partition coefficient (Wildman–Crippen LogP) is 0.724. The summed E-state index contributed by atoms with van der Waals surface area (Å²) in [5.74, 6) is 0. The van der Waals surface area contributed by atoms with Gasteiger partial charge in [0, 0.05) is 18.6 Å². The highest BCUT2D eigenvalue weighted by Crippen LogP contribution is 1.97. The summed E-state index contributed by atoms with van der Waals surface area (Å²) in [7, 11) is 0. The number of nitrogens with one attached hydrogen (secondary N) is 1. The van der Waals surface area contributed by atoms with E-state index in [9.17, 15) is 0 Å². The van der Waals surface area contributed by atoms with Crippen LogP contribution in [0.1, 0.15) is 20.8 Å². The van der Waals surface area contributed by atoms with Gasteiger partial charge in [0.2, 0.25) is 0 Å². The fourth-order valence-electron chi connectivity index (χ4n) is 1.00. The normalized spacial score (nSPS) is 11.0. The van der Waals surface area contributed by atoms with Gasteiger partial charge in [0.25, 0.3) is 0 Å². The maximum Gasteiger partial charge on any atom is 0.0874 e. The second kappa shape index (κ2) is 6.37. The Kier molecular flexibility index (Phi) is 5.87. The van der Waals surface area contributed by atoms with Gasteiger partial charge in [-0.25, -0.2) is 0 Å². The summed E-state index contributed by atoms with van der Waals surface area (Å²) in [6.07, 6.45) is 0. The maximum absolute atomic E-state index is 8.50. The van der Waals surface area contributed by atoms with E-state index in [2.05, 4.69) is 26.1 Å². The van der Waals surface area contributed by atoms with Crippen molar-refractivity contribution in [2.75, 3.05) is 26.2 Å². The molecule has 0 fully saturated rings. The van der Waals surface area contributed by atoms with E-state index < -0.39 is 0 Å². The first kappa shape index (κ1) is 12.9. The molecule has 0 amide bonds. The molecule has 0 bridgehead atoms. The van der Waals surface area contributed by atoms with Gasteiger partial charge in [-0.2, -0.15) is 10.5 Å². The average molecular weight is 194 g/mol. The molecule has 0 aliphatic heterocycles. The molecule has 0 aliphatic carbocycles. The largest absolute Gasteiger partial charge is 0.311 e. The number of rotatable bonds is 5. The van der Waals surface area contributed by atoms with E-state index in [0.717, 1.165) is 13.1 Å². The summed E-state index contributed by atoms with van der Waals surface area (Å²) in [4.78, 5) is 1.82. The van der Waals surface area contributed by atoms with Gasteiger partial charge in [-0.3, -0.25) is 4.90 Å². The fraction of sp³-hybridized carbons (Fsp3) is 0.800. The van der Waals surface area contributed by atoms with Crippen molar-refractivity contribution in [1.82, 2.24) is 10.2 Å². The minimum atomic E-state index is 0.0883. The summed E-state index contributed by atoms with van der Waals surface area (Å²) in [6.45, 7) is 8.44. The SMILES string of the molecule is CC(C)(C)NCCN(CC#N)CC#N. The summed E-state index contributed by atoms with van der Waals surface area (Å²) >= 11 is 0. The van der Waals surface area contributed by atoms with E-state index in [-0.39, 0.29) is 5.54 Å². The average Bonchev–Trinajstić information content (AvgIpc) is 2.02. The van der Waals surface area contributed by atoms with Crippen LogP contribution >= 0.6 is 0 Å². The molecule has 0 radical (unpaired) electrons. The molecule has 0 unspecified atom stereocenters. The van der Waals surface area contributed by atoms with Gasteiger partial charge < -0.3 is 5.32 Å². The predicted molar refractivity (Wildman–Crippen MR) is 55.4 cm³/mol. The van der Waals surface area contributed by atoms with E-state index >= 15 is 0 Å². The third-order valence-corrected chi connectivity index (χ3v) is 1.67. The first-order chi connectivity index (χ1) is 6.49. The highest BCUT2D eigenvalue weighted by Gasteiger charge is 2.09. The Morgan fingerprint density at radius 1 is 1.14 bits per heavy atom. The van der Waals surface area contributed by atoms with Gasteiger partial charge in [-0.1, -0.05) is 0 Å². The lowest BCUT2D eigenvalue weighted by molar-refractivity contribution is 0.314. The molecule has 0 aromatic rings. The number of hydrogen-bond acceptors (Lipinski definition) is 4. The van der Waals surface area contributed by atoms with Crippen molar-refractivity contribution in [2.45, 2.75) is 26.3 Å². The first-order valence-electron chi connectivity index (χ1n) is 4.71. The Hall–Kier alpha value is -1.10. The zero-order valence-electron chi connectivity index (χ0n) is 9.17. The van der Waals surface area contributed by atoms with Crippen molar-refractivity contribution < 1.29 is 0 Å². The lowest BCUT2D eigenvalue weighted by atomic mass is 10.1. The van der Waals surface area contributed by atoms with Gasteiger partial charge in [-0.05, 0) is 20.8 Å². The zero-order valence-corrected chi connectivity index (χ0v) is 9.17. The molecule has 1 N–H and O–H groups in total. The van der Waals surface area contributed by atoms with Crippen LogP contribution in [-0.2, 0) is 0 Å². The number of nitriles is 2. The molecule has 78 valence electrons. The van der Waals surface area contributed by atoms with Crippen LogP contribution < -0.4 is 5.32 Å². The molecule has 4 heteroatoms. The van der Waals surface area contributed by atoms with E-state index in [1.165, 1.54) is 0 Å². The highest BCUT2D eigenvalue weighted by molar-refractivity contribution is 4.84. The maximum atomic E-state index is 8.50. The third kappa shape index (κ3) is 7.54. The summed E-state index contributed by atoms with van der Waals surface area (Å²) in [5, 5.41) is 20.3. The van der Waals surface area contributed by atoms with Crippen LogP contribution in [0.2, 0.25) is 0 Å². The van der Waals surface area contributed by atoms with Crippen molar-refractivity contribution in [3.8, 4) is 12.1 Å². The Balaban J connectivity index is 3.73. The summed E-state index contributed by atoms with van der Waals surface area (Å²) in [6, 6.07) is 4.09. The highest BCUT2D eigenvalue weighted by atomic mass is 15.1. The van der Waals surface area contributed by atoms with E-state index in [0.29, 0.717) is 13.1 Å². The summed E-state index contributed by atoms with van der Waals surface area (Å²) in [5.41, 5.74) is 0.0883. The second-order valence-electron chi connectivity index (χ2n) is 4.20. The van der Waals surface area contributed by atoms with E-state index in [1.807, 2.05) is 17.0 Å². The Morgan fingerprint density at radius 3 is 2.00 bits per heavy atom. The topological polar surface area (TPSA) is 62.9 Å². The Morgan fingerprint density at radius 2 is 1.64 bits per heavy atom. The molecule has 0 aromatic carbocycles. The first-order valence-corrected chi connectivity index (χ1v) is 4.71. The Bertz CT molecular complexity index is 212. The minimum Gasteiger partial charge on any atom is -0.311 e. The van der Waals surface area contributed by atoms with Crippen LogP contribution in [0, 0.1) is 22.7 Å². The lowest BCUT2D eigenvalue weighted by Gasteiger charge is -2.23. The molecule has 0 heterocycles. The van der Waals surface area contributed by atoms with Crippen LogP contribution in [0.5, 0.6) is 0 Å². The smallest absolute Gasteiger partial charge is 0.0874 e. The van der Waals surface area contributed by atoms with Crippen molar-refractivity contribution in [2.24, 2.45) is 0 Å². The lowest BCUT2D eigenvalue weighted by Crippen LogP contribution is -2.41. The van der Waals surface area contributed by atoms with Crippen LogP contribution in [0.3, 0.4) is 0 Å². The molecule has 0 aliphatic rings. The molecule has 0 aromatic heterocycles. The molecular formula is C10H18N4. The molecular weight excluding hydrogens is 176 g/mol. The quantitative estimate of drug-likeness (QED) is 0.655. The Labute approximate surface area is 86.1 Å². The van der Waals surface area contributed by atoms with Crippen molar-refractivity contribution >= 4 is 0 Å². The van der Waals surface area contributed by atoms with Gasteiger partial charge in [0.05, 0.1) is 25.2 Å². The molecule has 0 saturated heterocycles. The fourth-order valence-corrected chi connectivity index (χ4v) is 1.00. The van der Waals surface area contributed by atoms with Crippen molar-refractivity contribution in [3.05, 3.63) is 0 Å². The number of nitrogens with zero attached hydrogens (tertiary/aromatic N) is 3. The molecule has 4 nitrogen and oxygen atoms in total. The summed E-state index contributed by atoms with van der Waals surface area (Å²) < 4.78 is 0. The zero-order chi connectivity index (χ0) is 11.0. The molecule has 0 rings (SSSR count). The molecule has 0 spiro atoms. The van der Waals surface area contributed by atoms with Crippen LogP contribution in [0.15, 0.2) is 0 Å². The second-order valence-corrected chi connectivity index (χ2v) is 4.20. The third-order valence-electron chi connectivity index (χ3n) is 1.67. The monoisotopic (exact) mass is 194 g/mol. The van der Waals surface area contributed by atoms with Gasteiger partial charge in [0.15, 0.2) is 0 Å². The van der Waals surface area contributed by atoms with Crippen LogP contribution in [-0.4, -0.2) is 36.6 Å². The molecule has 0 atom stereocenters. The van der Waals surface area contributed by atoms with E-state index in [1.54, 1.807) is 0 Å². The minimum absolute atomic E-state index is 0.0883. The molecule has 0 saturated carbocycles. The van der Waals surface area contributed by atoms with Crippen LogP contribution in [0.4, 0.5) is 0 Å². The number of hydrogen-bond donors (Lipinski definition) is 1. The van der Waals surface area contributed by atoms with Gasteiger partial charge >= 0.3 is 0 Å². The van der Waals surface area contributed by atoms with Gasteiger partial charge in [-0.15, -0.1) is 0 Å². The van der Waals surface area contributed by atoms with Gasteiger partial charge in [0.1, 0.15) is 0 Å².